The van der Waals surface area contributed by atoms with Crippen LogP contribution in [0.25, 0.3) is 0 Å². The van der Waals surface area contributed by atoms with Gasteiger partial charge in [-0.25, -0.2) is 0 Å². The van der Waals surface area contributed by atoms with Crippen molar-refractivity contribution in [3.05, 3.63) is 29.3 Å². The predicted molar refractivity (Wildman–Crippen MR) is 87.4 cm³/mol. The average Bonchev–Trinajstić information content (AvgIpc) is 2.49. The number of fused-ring (bicyclic) bond motifs is 1. The fraction of sp³-hybridized carbons (Fsp3) is 0.647. The third-order valence-corrected chi connectivity index (χ3v) is 4.52. The summed E-state index contributed by atoms with van der Waals surface area (Å²) >= 11 is 0. The van der Waals surface area contributed by atoms with Gasteiger partial charge in [-0.15, -0.1) is 0 Å². The van der Waals surface area contributed by atoms with E-state index in [9.17, 15) is 0 Å². The van der Waals surface area contributed by atoms with E-state index in [-0.39, 0.29) is 0 Å². The Bertz CT molecular complexity index is 422. The second kappa shape index (κ2) is 7.09. The molecule has 1 heterocycles. The van der Waals surface area contributed by atoms with E-state index in [1.54, 1.807) is 0 Å². The summed E-state index contributed by atoms with van der Waals surface area (Å²) in [5.41, 5.74) is 4.34. The zero-order valence-corrected chi connectivity index (χ0v) is 13.4. The van der Waals surface area contributed by atoms with E-state index in [1.165, 1.54) is 16.8 Å². The van der Waals surface area contributed by atoms with E-state index in [1.807, 2.05) is 0 Å². The van der Waals surface area contributed by atoms with Crippen LogP contribution in [0, 0.1) is 0 Å². The van der Waals surface area contributed by atoms with Crippen LogP contribution >= 0.6 is 0 Å². The normalized spacial score (nSPS) is 18.1. The highest BCUT2D eigenvalue weighted by atomic mass is 15.2. The Morgan fingerprint density at radius 3 is 2.35 bits per heavy atom. The second-order valence-corrected chi connectivity index (χ2v) is 5.42. The van der Waals surface area contributed by atoms with E-state index in [0.29, 0.717) is 6.04 Å². The van der Waals surface area contributed by atoms with Crippen LogP contribution in [0.4, 0.5) is 5.69 Å². The first-order chi connectivity index (χ1) is 9.74. The highest BCUT2D eigenvalue weighted by Gasteiger charge is 2.24. The van der Waals surface area contributed by atoms with Crippen LogP contribution in [-0.2, 0) is 6.54 Å². The van der Waals surface area contributed by atoms with Crippen LogP contribution in [-0.4, -0.2) is 37.6 Å². The lowest BCUT2D eigenvalue weighted by molar-refractivity contribution is 0.204. The van der Waals surface area contributed by atoms with Crippen LogP contribution in [0.5, 0.6) is 0 Å². The van der Waals surface area contributed by atoms with Gasteiger partial charge in [0, 0.05) is 37.9 Å². The van der Waals surface area contributed by atoms with Gasteiger partial charge >= 0.3 is 0 Å². The van der Waals surface area contributed by atoms with Crippen LogP contribution < -0.4 is 10.2 Å². The maximum atomic E-state index is 3.58. The summed E-state index contributed by atoms with van der Waals surface area (Å²) in [6, 6.07) is 7.56. The fourth-order valence-electron chi connectivity index (χ4n) is 3.30. The number of likely N-dealkylation sites (N-methyl/N-ethyl adjacent to an activating group) is 1. The van der Waals surface area contributed by atoms with Crippen LogP contribution in [0.15, 0.2) is 18.2 Å². The van der Waals surface area contributed by atoms with E-state index in [0.717, 1.165) is 39.3 Å². The molecule has 0 bridgehead atoms. The average molecular weight is 275 g/mol. The first kappa shape index (κ1) is 15.3. The molecular weight excluding hydrogens is 246 g/mol. The van der Waals surface area contributed by atoms with Gasteiger partial charge in [-0.3, -0.25) is 4.90 Å². The van der Waals surface area contributed by atoms with Crippen molar-refractivity contribution in [1.29, 1.82) is 0 Å². The molecule has 0 saturated carbocycles. The first-order valence-corrected chi connectivity index (χ1v) is 8.07. The molecule has 2 rings (SSSR count). The zero-order chi connectivity index (χ0) is 14.5. The minimum absolute atomic E-state index is 0.527. The van der Waals surface area contributed by atoms with Crippen molar-refractivity contribution in [2.45, 2.75) is 40.3 Å². The lowest BCUT2D eigenvalue weighted by Crippen LogP contribution is -2.39. The maximum Gasteiger partial charge on any atom is 0.0475 e. The van der Waals surface area contributed by atoms with Crippen LogP contribution in [0.1, 0.15) is 44.9 Å². The highest BCUT2D eigenvalue weighted by molar-refractivity contribution is 5.52. The van der Waals surface area contributed by atoms with E-state index >= 15 is 0 Å². The Morgan fingerprint density at radius 2 is 1.75 bits per heavy atom. The topological polar surface area (TPSA) is 18.5 Å². The van der Waals surface area contributed by atoms with Crippen molar-refractivity contribution in [3.63, 3.8) is 0 Å². The molecule has 1 aromatic carbocycles. The maximum absolute atomic E-state index is 3.58. The summed E-state index contributed by atoms with van der Waals surface area (Å²) in [5.74, 6) is 0. The molecule has 3 nitrogen and oxygen atoms in total. The molecule has 0 fully saturated rings. The number of nitrogens with one attached hydrogen (secondary N) is 1. The molecule has 112 valence electrons. The summed E-state index contributed by atoms with van der Waals surface area (Å²) in [6.45, 7) is 15.4. The molecule has 3 heteroatoms. The summed E-state index contributed by atoms with van der Waals surface area (Å²) in [7, 11) is 0. The summed E-state index contributed by atoms with van der Waals surface area (Å²) in [6.07, 6.45) is 0. The van der Waals surface area contributed by atoms with Gasteiger partial charge in [0.25, 0.3) is 0 Å². The second-order valence-electron chi connectivity index (χ2n) is 5.42. The van der Waals surface area contributed by atoms with Gasteiger partial charge in [0.05, 0.1) is 0 Å². The number of hydrogen-bond acceptors (Lipinski definition) is 3. The van der Waals surface area contributed by atoms with Crippen molar-refractivity contribution < 1.29 is 0 Å². The molecule has 0 aromatic heterocycles. The quantitative estimate of drug-likeness (QED) is 0.861. The van der Waals surface area contributed by atoms with Gasteiger partial charge in [-0.1, -0.05) is 19.9 Å². The Balaban J connectivity index is 2.30. The Labute approximate surface area is 124 Å². The van der Waals surface area contributed by atoms with Gasteiger partial charge < -0.3 is 10.2 Å². The first-order valence-electron chi connectivity index (χ1n) is 8.07. The van der Waals surface area contributed by atoms with Crippen molar-refractivity contribution in [2.75, 3.05) is 37.6 Å². The monoisotopic (exact) mass is 275 g/mol. The Kier molecular flexibility index (Phi) is 5.44. The standard InChI is InChI=1S/C17H29N3/c1-5-19(6-2)15-9-10-16-14(11-15)12-18-13-17(16)20(7-3)8-4/h9-11,17-18H,5-8,12-13H2,1-4H3/t17-/m0/s1. The zero-order valence-electron chi connectivity index (χ0n) is 13.4. The lowest BCUT2D eigenvalue weighted by Gasteiger charge is -2.35. The lowest BCUT2D eigenvalue weighted by atomic mass is 9.94. The number of hydrogen-bond donors (Lipinski definition) is 1. The van der Waals surface area contributed by atoms with Gasteiger partial charge in [0.1, 0.15) is 0 Å². The van der Waals surface area contributed by atoms with Crippen LogP contribution in [0.2, 0.25) is 0 Å². The Hall–Kier alpha value is -1.06. The van der Waals surface area contributed by atoms with Crippen molar-refractivity contribution in [2.24, 2.45) is 0 Å². The molecule has 1 aliphatic rings. The van der Waals surface area contributed by atoms with Crippen molar-refractivity contribution in [1.82, 2.24) is 10.2 Å². The number of nitrogens with zero attached hydrogens (tertiary/aromatic N) is 2. The largest absolute Gasteiger partial charge is 0.372 e. The number of rotatable bonds is 6. The summed E-state index contributed by atoms with van der Waals surface area (Å²) < 4.78 is 0. The highest BCUT2D eigenvalue weighted by Crippen LogP contribution is 2.30. The summed E-state index contributed by atoms with van der Waals surface area (Å²) in [4.78, 5) is 4.96. The van der Waals surface area contributed by atoms with Gasteiger partial charge in [-0.05, 0) is 50.2 Å². The van der Waals surface area contributed by atoms with E-state index in [2.05, 4.69) is 61.0 Å². The van der Waals surface area contributed by atoms with Gasteiger partial charge in [-0.2, -0.15) is 0 Å². The SMILES string of the molecule is CCN(CC)c1ccc2c(c1)CNC[C@@H]2N(CC)CC. The molecule has 0 amide bonds. The molecule has 1 aliphatic heterocycles. The minimum atomic E-state index is 0.527. The van der Waals surface area contributed by atoms with E-state index < -0.39 is 0 Å². The van der Waals surface area contributed by atoms with Crippen molar-refractivity contribution in [3.8, 4) is 0 Å². The predicted octanol–water partition coefficient (Wildman–Crippen LogP) is 3.02. The third kappa shape index (κ3) is 2.99. The molecule has 0 aliphatic carbocycles. The molecule has 1 aromatic rings. The van der Waals surface area contributed by atoms with Gasteiger partial charge in [0.15, 0.2) is 0 Å². The molecule has 0 spiro atoms. The third-order valence-electron chi connectivity index (χ3n) is 4.52. The van der Waals surface area contributed by atoms with Gasteiger partial charge in [0.2, 0.25) is 0 Å². The fourth-order valence-corrected chi connectivity index (χ4v) is 3.30. The molecule has 1 N–H and O–H groups in total. The van der Waals surface area contributed by atoms with E-state index in [4.69, 9.17) is 0 Å². The molecule has 20 heavy (non-hydrogen) atoms. The smallest absolute Gasteiger partial charge is 0.0475 e. The number of benzene rings is 1. The molecule has 0 radical (unpaired) electrons. The molecule has 1 atom stereocenters. The molecular formula is C17H29N3. The summed E-state index contributed by atoms with van der Waals surface area (Å²) in [5, 5.41) is 3.58. The number of anilines is 1. The minimum Gasteiger partial charge on any atom is -0.372 e. The van der Waals surface area contributed by atoms with Crippen LogP contribution in [0.3, 0.4) is 0 Å². The van der Waals surface area contributed by atoms with Crippen molar-refractivity contribution >= 4 is 5.69 Å². The molecule has 0 unspecified atom stereocenters. The molecule has 0 saturated heterocycles. The Morgan fingerprint density at radius 1 is 1.05 bits per heavy atom.